The van der Waals surface area contributed by atoms with Gasteiger partial charge in [-0.1, -0.05) is 11.6 Å². The highest BCUT2D eigenvalue weighted by Crippen LogP contribution is 2.43. The van der Waals surface area contributed by atoms with Gasteiger partial charge in [0.15, 0.2) is 11.6 Å². The molecule has 0 unspecified atom stereocenters. The quantitative estimate of drug-likeness (QED) is 0.323. The highest BCUT2D eigenvalue weighted by Gasteiger charge is 2.56. The van der Waals surface area contributed by atoms with Gasteiger partial charge in [-0.05, 0) is 38.5 Å². The number of rotatable bonds is 10. The molecular formula is C24H27ClF8N4O4S. The molecule has 0 atom stereocenters. The third-order valence-electron chi connectivity index (χ3n) is 6.96. The Morgan fingerprint density at radius 2 is 1.74 bits per heavy atom. The first kappa shape index (κ1) is 33.8. The van der Waals surface area contributed by atoms with Crippen molar-refractivity contribution in [3.05, 3.63) is 28.7 Å². The van der Waals surface area contributed by atoms with Crippen LogP contribution in [0.4, 0.5) is 35.1 Å². The monoisotopic (exact) mass is 654 g/mol. The van der Waals surface area contributed by atoms with Gasteiger partial charge in [0.05, 0.1) is 21.5 Å². The molecule has 8 nitrogen and oxygen atoms in total. The molecule has 2 heterocycles. The molecule has 1 aliphatic rings. The van der Waals surface area contributed by atoms with Crippen molar-refractivity contribution in [1.29, 1.82) is 0 Å². The summed E-state index contributed by atoms with van der Waals surface area (Å²) < 4.78 is 134. The zero-order valence-corrected chi connectivity index (χ0v) is 23.8. The Kier molecular flexibility index (Phi) is 10.4. The fourth-order valence-electron chi connectivity index (χ4n) is 4.74. The Balaban J connectivity index is 1.88. The molecule has 0 aromatic carbocycles. The summed E-state index contributed by atoms with van der Waals surface area (Å²) in [6.07, 6.45) is -9.15. The van der Waals surface area contributed by atoms with Crippen molar-refractivity contribution in [2.45, 2.75) is 69.8 Å². The zero-order chi connectivity index (χ0) is 31.6. The summed E-state index contributed by atoms with van der Waals surface area (Å²) in [7, 11) is -3.17. The van der Waals surface area contributed by atoms with E-state index < -0.39 is 63.7 Å². The van der Waals surface area contributed by atoms with Gasteiger partial charge in [-0.2, -0.15) is 40.2 Å². The first-order valence-corrected chi connectivity index (χ1v) is 15.0. The van der Waals surface area contributed by atoms with E-state index in [1.54, 1.807) is 6.92 Å². The van der Waals surface area contributed by atoms with Gasteiger partial charge in [0.25, 0.3) is 5.91 Å². The summed E-state index contributed by atoms with van der Waals surface area (Å²) >= 11 is 6.40. The van der Waals surface area contributed by atoms with E-state index in [1.807, 2.05) is 0 Å². The largest absolute Gasteiger partial charge is 0.434 e. The SMILES string of the molecule is CCn1nc(C(=O)NC[C@H]2CC[C@H](S(C)(=O)=O)CC2)c(Cl)c1-c1cnc(CC(C(F)(F)F)C(F)(F)F)cc1OC(F)F. The fourth-order valence-corrected chi connectivity index (χ4v) is 6.19. The van der Waals surface area contributed by atoms with Gasteiger partial charge in [0.1, 0.15) is 15.6 Å². The normalized spacial score (nSPS) is 18.5. The Bertz CT molecular complexity index is 1360. The third kappa shape index (κ3) is 8.23. The van der Waals surface area contributed by atoms with Crippen LogP contribution in [0.15, 0.2) is 12.3 Å². The lowest BCUT2D eigenvalue weighted by atomic mass is 9.89. The predicted octanol–water partition coefficient (Wildman–Crippen LogP) is 5.84. The maximum atomic E-state index is 13.2. The third-order valence-corrected chi connectivity index (χ3v) is 9.00. The number of hydrogen-bond donors (Lipinski definition) is 1. The van der Waals surface area contributed by atoms with E-state index in [2.05, 4.69) is 20.1 Å². The number of nitrogens with one attached hydrogen (secondary N) is 1. The van der Waals surface area contributed by atoms with E-state index >= 15 is 0 Å². The molecule has 2 aromatic rings. The molecule has 18 heteroatoms. The van der Waals surface area contributed by atoms with Crippen LogP contribution in [0.3, 0.4) is 0 Å². The number of amides is 1. The summed E-state index contributed by atoms with van der Waals surface area (Å²) in [5.74, 6) is -5.37. The van der Waals surface area contributed by atoms with E-state index in [0.29, 0.717) is 31.7 Å². The Morgan fingerprint density at radius 1 is 1.14 bits per heavy atom. The minimum Gasteiger partial charge on any atom is -0.434 e. The summed E-state index contributed by atoms with van der Waals surface area (Å²) in [5, 5.41) is 5.96. The van der Waals surface area contributed by atoms with Crippen molar-refractivity contribution in [2.24, 2.45) is 11.8 Å². The number of halogens is 9. The zero-order valence-electron chi connectivity index (χ0n) is 22.2. The van der Waals surface area contributed by atoms with Crippen LogP contribution in [-0.4, -0.2) is 66.1 Å². The molecule has 3 rings (SSSR count). The molecule has 1 amide bonds. The van der Waals surface area contributed by atoms with Crippen molar-refractivity contribution < 1.29 is 53.1 Å². The minimum atomic E-state index is -5.68. The fraction of sp³-hybridized carbons (Fsp3) is 0.625. The van der Waals surface area contributed by atoms with Gasteiger partial charge in [-0.25, -0.2) is 8.42 Å². The lowest BCUT2D eigenvalue weighted by Crippen LogP contribution is -2.38. The van der Waals surface area contributed by atoms with Crippen molar-refractivity contribution in [3.8, 4) is 17.0 Å². The Labute approximate surface area is 240 Å². The van der Waals surface area contributed by atoms with Crippen LogP contribution in [0.1, 0.15) is 48.8 Å². The van der Waals surface area contributed by atoms with Crippen LogP contribution in [-0.2, 0) is 22.8 Å². The average Bonchev–Trinajstić information content (AvgIpc) is 3.20. The maximum Gasteiger partial charge on any atom is 0.400 e. The van der Waals surface area contributed by atoms with Gasteiger partial charge in [-0.15, -0.1) is 0 Å². The second-order valence-electron chi connectivity index (χ2n) is 9.90. The van der Waals surface area contributed by atoms with Gasteiger partial charge in [0, 0.05) is 43.7 Å². The molecule has 0 bridgehead atoms. The van der Waals surface area contributed by atoms with E-state index in [-0.39, 0.29) is 41.0 Å². The molecule has 0 radical (unpaired) electrons. The molecule has 236 valence electrons. The highest BCUT2D eigenvalue weighted by atomic mass is 35.5. The van der Waals surface area contributed by atoms with Gasteiger partial charge >= 0.3 is 19.0 Å². The Morgan fingerprint density at radius 3 is 2.24 bits per heavy atom. The van der Waals surface area contributed by atoms with Gasteiger partial charge in [0.2, 0.25) is 0 Å². The number of hydrogen-bond acceptors (Lipinski definition) is 6. The molecule has 0 aliphatic heterocycles. The molecule has 0 saturated heterocycles. The van der Waals surface area contributed by atoms with Crippen LogP contribution in [0.25, 0.3) is 11.3 Å². The number of nitrogens with zero attached hydrogens (tertiary/aromatic N) is 3. The average molecular weight is 655 g/mol. The molecule has 42 heavy (non-hydrogen) atoms. The lowest BCUT2D eigenvalue weighted by molar-refractivity contribution is -0.283. The standard InChI is InChI=1S/C24H27ClF8N4O4S/c1-3-37-20(18(25)19(36-37)21(38)35-10-12-4-6-14(7-5-12)42(2,39)40)15-11-34-13(8-16(15)41-22(26)27)9-17(23(28,29)30)24(31,32)33/h8,11-12,14,17,22H,3-7,9-10H2,1-2H3,(H,35,38)/t12-,14-. The van der Waals surface area contributed by atoms with E-state index in [4.69, 9.17) is 11.6 Å². The topological polar surface area (TPSA) is 103 Å². The summed E-state index contributed by atoms with van der Waals surface area (Å²) in [4.78, 5) is 16.5. The smallest absolute Gasteiger partial charge is 0.400 e. The number of aromatic nitrogens is 3. The van der Waals surface area contributed by atoms with Crippen molar-refractivity contribution in [2.75, 3.05) is 12.8 Å². The molecule has 1 N–H and O–H groups in total. The van der Waals surface area contributed by atoms with Gasteiger partial charge < -0.3 is 10.1 Å². The summed E-state index contributed by atoms with van der Waals surface area (Å²) in [6.45, 7) is -1.76. The van der Waals surface area contributed by atoms with Crippen molar-refractivity contribution in [1.82, 2.24) is 20.1 Å². The van der Waals surface area contributed by atoms with Gasteiger partial charge in [-0.3, -0.25) is 14.5 Å². The van der Waals surface area contributed by atoms with E-state index in [9.17, 15) is 48.3 Å². The molecule has 2 aromatic heterocycles. The lowest BCUT2D eigenvalue weighted by Gasteiger charge is -2.27. The minimum absolute atomic E-state index is 0.0153. The number of sulfone groups is 1. The van der Waals surface area contributed by atoms with Crippen LogP contribution in [0, 0.1) is 11.8 Å². The molecule has 1 saturated carbocycles. The van der Waals surface area contributed by atoms with Crippen LogP contribution >= 0.6 is 11.6 Å². The first-order chi connectivity index (χ1) is 19.3. The molecular weight excluding hydrogens is 628 g/mol. The van der Waals surface area contributed by atoms with Crippen LogP contribution in [0.5, 0.6) is 5.75 Å². The molecule has 1 aliphatic carbocycles. The maximum absolute atomic E-state index is 13.2. The number of alkyl halides is 8. The molecule has 0 spiro atoms. The van der Waals surface area contributed by atoms with Crippen LogP contribution in [0.2, 0.25) is 5.02 Å². The first-order valence-electron chi connectivity index (χ1n) is 12.6. The second kappa shape index (κ2) is 12.9. The van der Waals surface area contributed by atoms with E-state index in [0.717, 1.165) is 10.9 Å². The number of aryl methyl sites for hydroxylation is 1. The predicted molar refractivity (Wildman–Crippen MR) is 135 cm³/mol. The number of carbonyl (C=O) groups excluding carboxylic acids is 1. The van der Waals surface area contributed by atoms with Crippen molar-refractivity contribution >= 4 is 27.3 Å². The summed E-state index contributed by atoms with van der Waals surface area (Å²) in [6, 6.07) is 0.530. The van der Waals surface area contributed by atoms with Crippen molar-refractivity contribution in [3.63, 3.8) is 0 Å². The number of carbonyl (C=O) groups is 1. The number of pyridine rings is 1. The summed E-state index contributed by atoms with van der Waals surface area (Å²) in [5.41, 5.74) is -1.65. The van der Waals surface area contributed by atoms with E-state index in [1.165, 1.54) is 6.26 Å². The van der Waals surface area contributed by atoms with Crippen LogP contribution < -0.4 is 10.1 Å². The molecule has 1 fully saturated rings. The second-order valence-corrected chi connectivity index (χ2v) is 12.6. The Hall–Kier alpha value is -2.69. The highest BCUT2D eigenvalue weighted by molar-refractivity contribution is 7.91. The number of ether oxygens (including phenoxy) is 1.